The first-order chi connectivity index (χ1) is 5.90. The summed E-state index contributed by atoms with van der Waals surface area (Å²) in [5, 5.41) is 21.5. The Morgan fingerprint density at radius 2 is 1.92 bits per heavy atom. The Bertz CT molecular complexity index is 239. The number of oxime groups is 2. The van der Waals surface area contributed by atoms with Crippen LogP contribution in [0.4, 0.5) is 0 Å². The smallest absolute Gasteiger partial charge is 0.362 e. The van der Waals surface area contributed by atoms with Gasteiger partial charge in [-0.05, 0) is 20.8 Å². The molecule has 0 bridgehead atoms. The van der Waals surface area contributed by atoms with Gasteiger partial charge in [-0.3, -0.25) is 0 Å². The van der Waals surface area contributed by atoms with Crippen LogP contribution in [-0.4, -0.2) is 33.9 Å². The van der Waals surface area contributed by atoms with Crippen LogP contribution in [0.2, 0.25) is 0 Å². The van der Waals surface area contributed by atoms with E-state index in [1.54, 1.807) is 20.8 Å². The van der Waals surface area contributed by atoms with Gasteiger partial charge in [0.05, 0.1) is 0 Å². The molecule has 0 radical (unpaired) electrons. The molecule has 13 heavy (non-hydrogen) atoms. The largest absolute Gasteiger partial charge is 0.455 e. The number of nitrogens with zero attached hydrogens (tertiary/aromatic N) is 2. The first-order valence-electron chi connectivity index (χ1n) is 3.53. The summed E-state index contributed by atoms with van der Waals surface area (Å²) in [7, 11) is 0. The van der Waals surface area contributed by atoms with Crippen LogP contribution in [-0.2, 0) is 9.53 Å². The summed E-state index contributed by atoms with van der Waals surface area (Å²) in [6, 6.07) is 0. The van der Waals surface area contributed by atoms with Gasteiger partial charge in [-0.1, -0.05) is 10.3 Å². The maximum Gasteiger partial charge on any atom is 0.362 e. The highest BCUT2D eigenvalue weighted by molar-refractivity contribution is 6.59. The van der Waals surface area contributed by atoms with Crippen LogP contribution in [0.25, 0.3) is 0 Å². The average Bonchev–Trinajstić information content (AvgIpc) is 1.96. The van der Waals surface area contributed by atoms with E-state index >= 15 is 0 Å². The maximum absolute atomic E-state index is 11.1. The molecule has 0 atom stereocenters. The molecule has 0 aliphatic heterocycles. The summed E-state index contributed by atoms with van der Waals surface area (Å²) in [6.07, 6.45) is 0.689. The molecule has 0 aromatic heterocycles. The second-order valence-corrected chi connectivity index (χ2v) is 3.23. The molecule has 0 aliphatic carbocycles. The van der Waals surface area contributed by atoms with E-state index < -0.39 is 17.3 Å². The molecular weight excluding hydrogens is 176 g/mol. The number of carbonyl (C=O) groups is 1. The van der Waals surface area contributed by atoms with E-state index in [-0.39, 0.29) is 0 Å². The second-order valence-electron chi connectivity index (χ2n) is 3.23. The van der Waals surface area contributed by atoms with Gasteiger partial charge >= 0.3 is 5.97 Å². The van der Waals surface area contributed by atoms with E-state index in [1.807, 2.05) is 0 Å². The number of rotatable bonds is 2. The first kappa shape index (κ1) is 11.4. The van der Waals surface area contributed by atoms with Crippen molar-refractivity contribution in [1.29, 1.82) is 0 Å². The van der Waals surface area contributed by atoms with Crippen molar-refractivity contribution in [2.24, 2.45) is 10.3 Å². The number of esters is 1. The Morgan fingerprint density at radius 3 is 2.23 bits per heavy atom. The number of hydrogen-bond acceptors (Lipinski definition) is 6. The molecule has 0 heterocycles. The Kier molecular flexibility index (Phi) is 3.90. The third-order valence-electron chi connectivity index (χ3n) is 0.896. The van der Waals surface area contributed by atoms with Gasteiger partial charge in [-0.2, -0.15) is 0 Å². The molecular formula is C7H12N2O4. The number of ether oxygens (including phenoxy) is 1. The Balaban J connectivity index is 4.42. The lowest BCUT2D eigenvalue weighted by molar-refractivity contribution is -0.146. The van der Waals surface area contributed by atoms with E-state index in [4.69, 9.17) is 15.2 Å². The third kappa shape index (κ3) is 4.78. The summed E-state index contributed by atoms with van der Waals surface area (Å²) in [5.41, 5.74) is -1.14. The minimum absolute atomic E-state index is 0.461. The quantitative estimate of drug-likeness (QED) is 0.287. The van der Waals surface area contributed by atoms with E-state index in [0.29, 0.717) is 6.21 Å². The predicted molar refractivity (Wildman–Crippen MR) is 45.3 cm³/mol. The molecule has 0 amide bonds. The highest BCUT2D eigenvalue weighted by atomic mass is 16.6. The second kappa shape index (κ2) is 4.44. The van der Waals surface area contributed by atoms with E-state index in [1.165, 1.54) is 0 Å². The monoisotopic (exact) mass is 188 g/mol. The molecule has 0 fully saturated rings. The molecule has 2 N–H and O–H groups in total. The van der Waals surface area contributed by atoms with Gasteiger partial charge in [0.2, 0.25) is 5.71 Å². The zero-order chi connectivity index (χ0) is 10.5. The standard InChI is InChI=1S/C7H12N2O4/c1-7(2,3)13-6(10)5(9-12)4-8-11/h4,11-12H,1-3H3. The van der Waals surface area contributed by atoms with E-state index in [2.05, 4.69) is 10.3 Å². The minimum atomic E-state index is -0.854. The van der Waals surface area contributed by atoms with Crippen LogP contribution in [0, 0.1) is 0 Å². The van der Waals surface area contributed by atoms with Gasteiger partial charge < -0.3 is 15.2 Å². The van der Waals surface area contributed by atoms with Crippen molar-refractivity contribution in [2.75, 3.05) is 0 Å². The maximum atomic E-state index is 11.1. The third-order valence-corrected chi connectivity index (χ3v) is 0.896. The molecule has 74 valence electrons. The molecule has 6 nitrogen and oxygen atoms in total. The lowest BCUT2D eigenvalue weighted by Gasteiger charge is -2.18. The Hall–Kier alpha value is -1.59. The van der Waals surface area contributed by atoms with Gasteiger partial charge in [0.25, 0.3) is 0 Å². The topological polar surface area (TPSA) is 91.5 Å². The Labute approximate surface area is 75.5 Å². The fraction of sp³-hybridized carbons (Fsp3) is 0.571. The van der Waals surface area contributed by atoms with Crippen LogP contribution in [0.1, 0.15) is 20.8 Å². The first-order valence-corrected chi connectivity index (χ1v) is 3.53. The van der Waals surface area contributed by atoms with Crippen LogP contribution in [0.3, 0.4) is 0 Å². The Morgan fingerprint density at radius 1 is 1.38 bits per heavy atom. The summed E-state index contributed by atoms with van der Waals surface area (Å²) >= 11 is 0. The molecule has 0 saturated carbocycles. The zero-order valence-electron chi connectivity index (χ0n) is 7.68. The number of hydrogen-bond donors (Lipinski definition) is 2. The van der Waals surface area contributed by atoms with Crippen LogP contribution < -0.4 is 0 Å². The molecule has 0 aliphatic rings. The fourth-order valence-corrected chi connectivity index (χ4v) is 0.504. The zero-order valence-corrected chi connectivity index (χ0v) is 7.68. The molecule has 0 aromatic rings. The molecule has 0 unspecified atom stereocenters. The van der Waals surface area contributed by atoms with Crippen molar-refractivity contribution >= 4 is 17.9 Å². The van der Waals surface area contributed by atoms with E-state index in [9.17, 15) is 4.79 Å². The van der Waals surface area contributed by atoms with Crippen LogP contribution in [0.15, 0.2) is 10.3 Å². The molecule has 0 rings (SSSR count). The molecule has 0 aromatic carbocycles. The van der Waals surface area contributed by atoms with Crippen molar-refractivity contribution < 1.29 is 19.9 Å². The van der Waals surface area contributed by atoms with Gasteiger partial charge in [-0.15, -0.1) is 0 Å². The van der Waals surface area contributed by atoms with Crippen molar-refractivity contribution in [3.05, 3.63) is 0 Å². The van der Waals surface area contributed by atoms with Gasteiger partial charge in [0, 0.05) is 0 Å². The molecule has 0 spiro atoms. The lowest BCUT2D eigenvalue weighted by Crippen LogP contribution is -2.29. The number of carbonyl (C=O) groups excluding carboxylic acids is 1. The van der Waals surface area contributed by atoms with Gasteiger partial charge in [-0.25, -0.2) is 4.79 Å². The highest BCUT2D eigenvalue weighted by Crippen LogP contribution is 2.06. The van der Waals surface area contributed by atoms with Crippen molar-refractivity contribution in [3.63, 3.8) is 0 Å². The van der Waals surface area contributed by atoms with Crippen LogP contribution in [0.5, 0.6) is 0 Å². The predicted octanol–water partition coefficient (Wildman–Crippen LogP) is 0.618. The van der Waals surface area contributed by atoms with Crippen molar-refractivity contribution in [1.82, 2.24) is 0 Å². The minimum Gasteiger partial charge on any atom is -0.455 e. The molecule has 6 heteroatoms. The molecule has 0 saturated heterocycles. The average molecular weight is 188 g/mol. The highest BCUT2D eigenvalue weighted by Gasteiger charge is 2.20. The normalized spacial score (nSPS) is 13.3. The summed E-state index contributed by atoms with van der Waals surface area (Å²) < 4.78 is 4.81. The van der Waals surface area contributed by atoms with Gasteiger partial charge in [0.1, 0.15) is 11.8 Å². The summed E-state index contributed by atoms with van der Waals surface area (Å²) in [4.78, 5) is 11.1. The van der Waals surface area contributed by atoms with Crippen molar-refractivity contribution in [3.8, 4) is 0 Å². The fourth-order valence-electron chi connectivity index (χ4n) is 0.504. The van der Waals surface area contributed by atoms with E-state index in [0.717, 1.165) is 0 Å². The SMILES string of the molecule is CC(C)(C)OC(=O)C(C=NO)=NO. The van der Waals surface area contributed by atoms with Crippen molar-refractivity contribution in [2.45, 2.75) is 26.4 Å². The lowest BCUT2D eigenvalue weighted by atomic mass is 10.2. The summed E-state index contributed by atoms with van der Waals surface area (Å²) in [5.74, 6) is -0.854. The van der Waals surface area contributed by atoms with Gasteiger partial charge in [0.15, 0.2) is 0 Å². The van der Waals surface area contributed by atoms with Crippen LogP contribution >= 0.6 is 0 Å². The summed E-state index contributed by atoms with van der Waals surface area (Å²) in [6.45, 7) is 4.99.